The van der Waals surface area contributed by atoms with Crippen molar-refractivity contribution in [1.29, 1.82) is 0 Å². The topological polar surface area (TPSA) is 37.4 Å². The number of alkyl halides is 1. The first-order valence-corrected chi connectivity index (χ1v) is 9.25. The zero-order valence-corrected chi connectivity index (χ0v) is 13.5. The lowest BCUT2D eigenvalue weighted by Gasteiger charge is -2.30. The molecule has 0 aliphatic carbocycles. The Hall–Kier alpha value is -0.230. The monoisotopic (exact) mass is 319 g/mol. The Morgan fingerprint density at radius 3 is 2.84 bits per heavy atom. The van der Waals surface area contributed by atoms with Crippen molar-refractivity contribution in [3.05, 3.63) is 29.3 Å². The number of thioether (sulfide) groups is 1. The average molecular weight is 320 g/mol. The van der Waals surface area contributed by atoms with Crippen LogP contribution in [-0.4, -0.2) is 36.8 Å². The molecule has 3 nitrogen and oxygen atoms in total. The number of rotatable bonds is 3. The summed E-state index contributed by atoms with van der Waals surface area (Å²) >= 11 is 7.67. The van der Waals surface area contributed by atoms with Gasteiger partial charge in [-0.2, -0.15) is 16.1 Å². The van der Waals surface area contributed by atoms with Crippen LogP contribution in [0.15, 0.2) is 23.1 Å². The molecule has 1 fully saturated rings. The lowest BCUT2D eigenvalue weighted by Crippen LogP contribution is -2.41. The maximum atomic E-state index is 12.7. The fraction of sp³-hybridized carbons (Fsp3) is 0.538. The average Bonchev–Trinajstić information content (AvgIpc) is 2.38. The largest absolute Gasteiger partial charge is 0.243 e. The van der Waals surface area contributed by atoms with E-state index < -0.39 is 10.0 Å². The second kappa shape index (κ2) is 6.04. The first kappa shape index (κ1) is 15.2. The maximum Gasteiger partial charge on any atom is 0.243 e. The standard InChI is InChI=1S/C13H18ClNO2S2/c1-10-9-15(6-7-18-10)19(16,17)13-5-3-4-12(8-14)11(13)2/h3-5,10H,6-9H2,1-2H3. The van der Waals surface area contributed by atoms with Crippen molar-refractivity contribution >= 4 is 33.4 Å². The quantitative estimate of drug-likeness (QED) is 0.804. The molecule has 0 radical (unpaired) electrons. The zero-order valence-electron chi connectivity index (χ0n) is 11.1. The molecule has 1 saturated heterocycles. The number of halogens is 1. The van der Waals surface area contributed by atoms with Crippen LogP contribution in [0.5, 0.6) is 0 Å². The van der Waals surface area contributed by atoms with Gasteiger partial charge in [0.25, 0.3) is 0 Å². The third-order valence-electron chi connectivity index (χ3n) is 3.36. The van der Waals surface area contributed by atoms with E-state index in [0.717, 1.165) is 16.9 Å². The molecule has 2 rings (SSSR count). The normalized spacial score (nSPS) is 21.5. The number of hydrogen-bond acceptors (Lipinski definition) is 3. The highest BCUT2D eigenvalue weighted by Crippen LogP contribution is 2.27. The highest BCUT2D eigenvalue weighted by Gasteiger charge is 2.30. The summed E-state index contributed by atoms with van der Waals surface area (Å²) in [5, 5.41) is 0.347. The summed E-state index contributed by atoms with van der Waals surface area (Å²) < 4.78 is 27.0. The van der Waals surface area contributed by atoms with E-state index in [1.807, 2.05) is 24.8 Å². The van der Waals surface area contributed by atoms with Crippen LogP contribution in [0.25, 0.3) is 0 Å². The van der Waals surface area contributed by atoms with Gasteiger partial charge in [-0.15, -0.1) is 11.6 Å². The predicted octanol–water partition coefficient (Wildman–Crippen LogP) is 2.86. The molecule has 6 heteroatoms. The van der Waals surface area contributed by atoms with Crippen LogP contribution in [0.2, 0.25) is 0 Å². The minimum atomic E-state index is -3.40. The van der Waals surface area contributed by atoms with Crippen molar-refractivity contribution < 1.29 is 8.42 Å². The molecular weight excluding hydrogens is 302 g/mol. The van der Waals surface area contributed by atoms with E-state index in [1.165, 1.54) is 0 Å². The molecule has 0 saturated carbocycles. The molecule has 1 aromatic rings. The Kier molecular flexibility index (Phi) is 4.82. The molecule has 1 aromatic carbocycles. The van der Waals surface area contributed by atoms with Gasteiger partial charge < -0.3 is 0 Å². The van der Waals surface area contributed by atoms with Crippen molar-refractivity contribution in [2.45, 2.75) is 29.9 Å². The molecule has 0 aromatic heterocycles. The van der Waals surface area contributed by atoms with E-state index in [9.17, 15) is 8.42 Å². The van der Waals surface area contributed by atoms with Gasteiger partial charge in [-0.3, -0.25) is 0 Å². The number of benzene rings is 1. The highest BCUT2D eigenvalue weighted by molar-refractivity contribution is 8.00. The first-order valence-electron chi connectivity index (χ1n) is 6.23. The summed E-state index contributed by atoms with van der Waals surface area (Å²) in [6.07, 6.45) is 0. The van der Waals surface area contributed by atoms with E-state index in [0.29, 0.717) is 29.1 Å². The Balaban J connectivity index is 2.39. The van der Waals surface area contributed by atoms with Crippen LogP contribution in [0.4, 0.5) is 0 Å². The molecule has 1 aliphatic rings. The summed E-state index contributed by atoms with van der Waals surface area (Å²) in [5.74, 6) is 1.19. The number of hydrogen-bond donors (Lipinski definition) is 0. The fourth-order valence-corrected chi connectivity index (χ4v) is 5.54. The van der Waals surface area contributed by atoms with Crippen molar-refractivity contribution in [2.75, 3.05) is 18.8 Å². The Morgan fingerprint density at radius 2 is 2.21 bits per heavy atom. The van der Waals surface area contributed by atoms with E-state index >= 15 is 0 Å². The summed E-state index contributed by atoms with van der Waals surface area (Å²) in [4.78, 5) is 0.393. The second-order valence-corrected chi connectivity index (χ2v) is 8.44. The molecule has 1 heterocycles. The van der Waals surface area contributed by atoms with Gasteiger partial charge in [0.05, 0.1) is 4.90 Å². The molecule has 19 heavy (non-hydrogen) atoms. The smallest absolute Gasteiger partial charge is 0.207 e. The van der Waals surface area contributed by atoms with E-state index in [1.54, 1.807) is 16.4 Å². The molecule has 0 N–H and O–H groups in total. The summed E-state index contributed by atoms with van der Waals surface area (Å²) in [6.45, 7) is 5.06. The second-order valence-electron chi connectivity index (χ2n) is 4.72. The van der Waals surface area contributed by atoms with E-state index in [2.05, 4.69) is 6.92 Å². The van der Waals surface area contributed by atoms with E-state index in [-0.39, 0.29) is 0 Å². The molecule has 1 aliphatic heterocycles. The summed E-state index contributed by atoms with van der Waals surface area (Å²) in [6, 6.07) is 5.31. The zero-order chi connectivity index (χ0) is 14.0. The van der Waals surface area contributed by atoms with Gasteiger partial charge in [0.1, 0.15) is 0 Å². The molecule has 0 amide bonds. The Bertz CT molecular complexity index is 560. The molecular formula is C13H18ClNO2S2. The van der Waals surface area contributed by atoms with Crippen LogP contribution in [0, 0.1) is 6.92 Å². The lowest BCUT2D eigenvalue weighted by atomic mass is 10.1. The van der Waals surface area contributed by atoms with Crippen molar-refractivity contribution in [3.8, 4) is 0 Å². The van der Waals surface area contributed by atoms with Crippen LogP contribution >= 0.6 is 23.4 Å². The van der Waals surface area contributed by atoms with Gasteiger partial charge in [-0.1, -0.05) is 19.1 Å². The van der Waals surface area contributed by atoms with Gasteiger partial charge in [0.2, 0.25) is 10.0 Å². The minimum absolute atomic E-state index is 0.335. The maximum absolute atomic E-state index is 12.7. The number of sulfonamides is 1. The van der Waals surface area contributed by atoms with Crippen molar-refractivity contribution in [1.82, 2.24) is 4.31 Å². The van der Waals surface area contributed by atoms with Crippen LogP contribution in [-0.2, 0) is 15.9 Å². The third-order valence-corrected chi connectivity index (χ3v) is 6.80. The van der Waals surface area contributed by atoms with Crippen molar-refractivity contribution in [2.24, 2.45) is 0 Å². The molecule has 0 spiro atoms. The van der Waals surface area contributed by atoms with Crippen LogP contribution in [0.1, 0.15) is 18.1 Å². The van der Waals surface area contributed by atoms with Crippen molar-refractivity contribution in [3.63, 3.8) is 0 Å². The SMILES string of the molecule is Cc1c(CCl)cccc1S(=O)(=O)N1CCSC(C)C1. The minimum Gasteiger partial charge on any atom is -0.207 e. The Morgan fingerprint density at radius 1 is 1.47 bits per heavy atom. The third kappa shape index (κ3) is 3.10. The molecule has 106 valence electrons. The predicted molar refractivity (Wildman–Crippen MR) is 81.4 cm³/mol. The lowest BCUT2D eigenvalue weighted by molar-refractivity contribution is 0.424. The van der Waals surface area contributed by atoms with Gasteiger partial charge in [-0.05, 0) is 24.1 Å². The van der Waals surface area contributed by atoms with E-state index in [4.69, 9.17) is 11.6 Å². The van der Waals surface area contributed by atoms with Gasteiger partial charge in [0, 0.05) is 30.0 Å². The van der Waals surface area contributed by atoms with Crippen LogP contribution < -0.4 is 0 Å². The summed E-state index contributed by atoms with van der Waals surface area (Å²) in [5.41, 5.74) is 1.64. The first-order chi connectivity index (χ1) is 8.96. The van der Waals surface area contributed by atoms with Gasteiger partial charge in [-0.25, -0.2) is 8.42 Å². The summed E-state index contributed by atoms with van der Waals surface area (Å²) in [7, 11) is -3.40. The molecule has 1 unspecified atom stereocenters. The molecule has 1 atom stereocenters. The highest BCUT2D eigenvalue weighted by atomic mass is 35.5. The van der Waals surface area contributed by atoms with Gasteiger partial charge >= 0.3 is 0 Å². The molecule has 0 bridgehead atoms. The van der Waals surface area contributed by atoms with Crippen LogP contribution in [0.3, 0.4) is 0 Å². The Labute approximate surface area is 124 Å². The fourth-order valence-electron chi connectivity index (χ4n) is 2.23. The van der Waals surface area contributed by atoms with Gasteiger partial charge in [0.15, 0.2) is 0 Å². The number of nitrogens with zero attached hydrogens (tertiary/aromatic N) is 1.